The molecular weight excluding hydrogens is 377 g/mol. The zero-order valence-corrected chi connectivity index (χ0v) is 17.2. The third-order valence-corrected chi connectivity index (χ3v) is 11.0. The summed E-state index contributed by atoms with van der Waals surface area (Å²) in [4.78, 5) is 0. The van der Waals surface area contributed by atoms with Crippen molar-refractivity contribution in [3.63, 3.8) is 0 Å². The first-order chi connectivity index (χ1) is 13.7. The molecule has 0 saturated carbocycles. The van der Waals surface area contributed by atoms with Crippen LogP contribution in [0.2, 0.25) is 0 Å². The molecule has 2 heterocycles. The third-order valence-electron chi connectivity index (χ3n) is 6.02. The molecule has 1 nitrogen and oxygen atoms in total. The summed E-state index contributed by atoms with van der Waals surface area (Å²) in [6, 6.07) is 30.7. The van der Waals surface area contributed by atoms with Crippen LogP contribution in [0, 0.1) is 0 Å². The van der Waals surface area contributed by atoms with E-state index in [1.54, 1.807) is 0 Å². The predicted molar refractivity (Wildman–Crippen MR) is 125 cm³/mol. The van der Waals surface area contributed by atoms with Crippen molar-refractivity contribution in [1.29, 1.82) is 0 Å². The van der Waals surface area contributed by atoms with Gasteiger partial charge in [0.1, 0.15) is 0 Å². The second-order valence-corrected chi connectivity index (χ2v) is 11.7. The van der Waals surface area contributed by atoms with Gasteiger partial charge in [0.25, 0.3) is 0 Å². The number of hydrogen-bond donors (Lipinski definition) is 0. The first-order valence-corrected chi connectivity index (χ1v) is 12.3. The summed E-state index contributed by atoms with van der Waals surface area (Å²) in [6.45, 7) is 0. The molecule has 28 heavy (non-hydrogen) atoms. The Kier molecular flexibility index (Phi) is 3.30. The summed E-state index contributed by atoms with van der Waals surface area (Å²) in [7, 11) is 2.18. The second kappa shape index (κ2) is 5.67. The number of para-hydroxylation sites is 1. The van der Waals surface area contributed by atoms with Gasteiger partial charge in [-0.2, -0.15) is 0 Å². The standard InChI is InChI=1S/C25H18NPS/c1-26-21-13-7-5-11-18(21)19-15-16-23-24(25(19)26)20-12-6-8-14-22(20)27(23,28)17-9-3-2-4-10-17/h2-16H,1H3. The Bertz CT molecular complexity index is 1450. The Balaban J connectivity index is 1.84. The van der Waals surface area contributed by atoms with Crippen LogP contribution >= 0.6 is 6.04 Å². The van der Waals surface area contributed by atoms with Crippen molar-refractivity contribution in [2.24, 2.45) is 7.05 Å². The molecule has 3 heteroatoms. The number of benzene rings is 4. The van der Waals surface area contributed by atoms with Crippen LogP contribution in [-0.2, 0) is 18.9 Å². The summed E-state index contributed by atoms with van der Waals surface area (Å²) in [6.07, 6.45) is 0. The van der Waals surface area contributed by atoms with E-state index in [9.17, 15) is 0 Å². The Hall–Kier alpha value is -2.67. The molecule has 0 N–H and O–H groups in total. The molecule has 0 bridgehead atoms. The van der Waals surface area contributed by atoms with Gasteiger partial charge in [0, 0.05) is 45.5 Å². The van der Waals surface area contributed by atoms with Gasteiger partial charge in [-0.05, 0) is 16.9 Å². The molecule has 4 aromatic carbocycles. The minimum absolute atomic E-state index is 1.27. The Morgan fingerprint density at radius 2 is 1.39 bits per heavy atom. The highest BCUT2D eigenvalue weighted by Crippen LogP contribution is 2.54. The van der Waals surface area contributed by atoms with Crippen molar-refractivity contribution in [3.05, 3.63) is 91.0 Å². The van der Waals surface area contributed by atoms with E-state index in [-0.39, 0.29) is 0 Å². The maximum atomic E-state index is 6.53. The summed E-state index contributed by atoms with van der Waals surface area (Å²) in [5, 5.41) is 6.54. The number of rotatable bonds is 1. The Labute approximate surface area is 169 Å². The SMILES string of the molecule is Cn1c2ccccc2c2ccc3c(c21)-c1ccccc1P3(=S)c1ccccc1. The first-order valence-electron chi connectivity index (χ1n) is 9.47. The molecule has 0 aliphatic carbocycles. The van der Waals surface area contributed by atoms with Crippen LogP contribution < -0.4 is 15.9 Å². The lowest BCUT2D eigenvalue weighted by molar-refractivity contribution is 1.02. The highest BCUT2D eigenvalue weighted by Gasteiger charge is 2.37. The fraction of sp³-hybridized carbons (Fsp3) is 0.0400. The van der Waals surface area contributed by atoms with Gasteiger partial charge in [0.05, 0.1) is 5.52 Å². The van der Waals surface area contributed by atoms with Gasteiger partial charge in [-0.3, -0.25) is 0 Å². The lowest BCUT2D eigenvalue weighted by Gasteiger charge is -2.20. The van der Waals surface area contributed by atoms with Gasteiger partial charge in [0.2, 0.25) is 0 Å². The average Bonchev–Trinajstić information content (AvgIpc) is 3.20. The highest BCUT2D eigenvalue weighted by molar-refractivity contribution is 8.26. The Morgan fingerprint density at radius 3 is 2.25 bits per heavy atom. The normalized spacial score (nSPS) is 17.8. The van der Waals surface area contributed by atoms with Gasteiger partial charge < -0.3 is 4.57 Å². The highest BCUT2D eigenvalue weighted by atomic mass is 32.4. The monoisotopic (exact) mass is 395 g/mol. The molecule has 0 saturated heterocycles. The largest absolute Gasteiger partial charge is 0.343 e. The van der Waals surface area contributed by atoms with Gasteiger partial charge in [-0.15, -0.1) is 0 Å². The number of aromatic nitrogens is 1. The molecule has 1 atom stereocenters. The fourth-order valence-electron chi connectivity index (χ4n) is 4.79. The molecule has 1 aliphatic heterocycles. The minimum atomic E-state index is -2.05. The van der Waals surface area contributed by atoms with Crippen molar-refractivity contribution in [2.45, 2.75) is 0 Å². The fourth-order valence-corrected chi connectivity index (χ4v) is 9.15. The maximum Gasteiger partial charge on any atom is 0.0575 e. The van der Waals surface area contributed by atoms with Crippen LogP contribution in [0.15, 0.2) is 91.0 Å². The number of hydrogen-bond acceptors (Lipinski definition) is 1. The van der Waals surface area contributed by atoms with Crippen molar-refractivity contribution >= 4 is 55.6 Å². The van der Waals surface area contributed by atoms with Crippen LogP contribution in [-0.4, -0.2) is 4.57 Å². The summed E-state index contributed by atoms with van der Waals surface area (Å²) in [5.74, 6) is 0. The molecule has 0 fully saturated rings. The van der Waals surface area contributed by atoms with Crippen molar-refractivity contribution in [3.8, 4) is 11.1 Å². The zero-order valence-electron chi connectivity index (χ0n) is 15.5. The van der Waals surface area contributed by atoms with Crippen LogP contribution in [0.3, 0.4) is 0 Å². The van der Waals surface area contributed by atoms with Crippen LogP contribution in [0.4, 0.5) is 0 Å². The molecule has 1 unspecified atom stereocenters. The maximum absolute atomic E-state index is 6.53. The average molecular weight is 395 g/mol. The lowest BCUT2D eigenvalue weighted by atomic mass is 10.0. The predicted octanol–water partition coefficient (Wildman–Crippen LogP) is 5.07. The first kappa shape index (κ1) is 16.3. The van der Waals surface area contributed by atoms with Crippen LogP contribution in [0.25, 0.3) is 32.9 Å². The van der Waals surface area contributed by atoms with E-state index in [0.717, 1.165) is 0 Å². The molecule has 1 aromatic heterocycles. The summed E-state index contributed by atoms with van der Waals surface area (Å²) in [5.41, 5.74) is 5.21. The molecule has 0 spiro atoms. The molecule has 134 valence electrons. The topological polar surface area (TPSA) is 4.93 Å². The number of fused-ring (bicyclic) bond motifs is 7. The van der Waals surface area contributed by atoms with E-state index in [2.05, 4.69) is 103 Å². The minimum Gasteiger partial charge on any atom is -0.343 e. The van der Waals surface area contributed by atoms with Gasteiger partial charge in [-0.25, -0.2) is 0 Å². The molecule has 6 rings (SSSR count). The molecule has 0 amide bonds. The molecule has 0 radical (unpaired) electrons. The molecule has 1 aliphatic rings. The smallest absolute Gasteiger partial charge is 0.0575 e. The summed E-state index contributed by atoms with van der Waals surface area (Å²) >= 11 is 6.53. The van der Waals surface area contributed by atoms with E-state index in [0.29, 0.717) is 0 Å². The third kappa shape index (κ3) is 1.90. The van der Waals surface area contributed by atoms with Crippen molar-refractivity contribution in [2.75, 3.05) is 0 Å². The number of nitrogens with zero attached hydrogens (tertiary/aromatic N) is 1. The van der Waals surface area contributed by atoms with Crippen LogP contribution in [0.1, 0.15) is 0 Å². The van der Waals surface area contributed by atoms with E-state index in [1.807, 2.05) is 0 Å². The second-order valence-electron chi connectivity index (χ2n) is 7.39. The molecular formula is C25H18NPS. The summed E-state index contributed by atoms with van der Waals surface area (Å²) < 4.78 is 2.34. The molecule has 5 aromatic rings. The van der Waals surface area contributed by atoms with Crippen LogP contribution in [0.5, 0.6) is 0 Å². The quantitative estimate of drug-likeness (QED) is 0.352. The Morgan fingerprint density at radius 1 is 0.679 bits per heavy atom. The van der Waals surface area contributed by atoms with Crippen molar-refractivity contribution < 1.29 is 0 Å². The van der Waals surface area contributed by atoms with Gasteiger partial charge in [0.15, 0.2) is 0 Å². The van der Waals surface area contributed by atoms with Crippen molar-refractivity contribution in [1.82, 2.24) is 4.57 Å². The van der Waals surface area contributed by atoms with E-state index >= 15 is 0 Å². The van der Waals surface area contributed by atoms with Gasteiger partial charge >= 0.3 is 0 Å². The zero-order chi connectivity index (χ0) is 18.9. The van der Waals surface area contributed by atoms with E-state index < -0.39 is 6.04 Å². The van der Waals surface area contributed by atoms with E-state index in [1.165, 1.54) is 48.8 Å². The van der Waals surface area contributed by atoms with Gasteiger partial charge in [-0.1, -0.05) is 96.7 Å². The number of aryl methyl sites for hydroxylation is 1. The van der Waals surface area contributed by atoms with E-state index in [4.69, 9.17) is 11.8 Å². The lowest BCUT2D eigenvalue weighted by Crippen LogP contribution is -2.20.